The quantitative estimate of drug-likeness (QED) is 0.545. The van der Waals surface area contributed by atoms with Crippen molar-refractivity contribution < 1.29 is 9.47 Å². The van der Waals surface area contributed by atoms with Crippen molar-refractivity contribution in [1.82, 2.24) is 5.32 Å². The van der Waals surface area contributed by atoms with Crippen molar-refractivity contribution in [3.8, 4) is 11.5 Å². The normalized spacial score (nSPS) is 10.7. The van der Waals surface area contributed by atoms with Crippen LogP contribution in [-0.2, 0) is 13.2 Å². The van der Waals surface area contributed by atoms with Gasteiger partial charge in [-0.2, -0.15) is 0 Å². The van der Waals surface area contributed by atoms with E-state index >= 15 is 0 Å². The number of rotatable bonds is 9. The van der Waals surface area contributed by atoms with Crippen LogP contribution in [0, 0.1) is 0 Å². The molecular weight excluding hydrogens is 390 g/mol. The summed E-state index contributed by atoms with van der Waals surface area (Å²) in [5.74, 6) is 1.49. The van der Waals surface area contributed by atoms with Crippen LogP contribution in [0.15, 0.2) is 40.9 Å². The highest BCUT2D eigenvalue weighted by molar-refractivity contribution is 9.10. The highest BCUT2D eigenvalue weighted by atomic mass is 79.9. The minimum atomic E-state index is 0.462. The molecule has 2 rings (SSSR count). The number of hydrogen-bond donors (Lipinski definition) is 1. The second-order valence-electron chi connectivity index (χ2n) is 5.43. The Morgan fingerprint density at radius 3 is 2.46 bits per heavy atom. The Morgan fingerprint density at radius 1 is 1.04 bits per heavy atom. The number of halogens is 2. The van der Waals surface area contributed by atoms with Gasteiger partial charge in [0.1, 0.15) is 6.61 Å². The molecule has 0 bridgehead atoms. The van der Waals surface area contributed by atoms with Crippen molar-refractivity contribution in [3.63, 3.8) is 0 Å². The van der Waals surface area contributed by atoms with Crippen LogP contribution in [0.5, 0.6) is 11.5 Å². The SMILES string of the molecule is CCCNCc1cc(Br)c(OCc2ccc(Cl)cc2)c(OCC)c1. The van der Waals surface area contributed by atoms with Gasteiger partial charge in [-0.1, -0.05) is 30.7 Å². The van der Waals surface area contributed by atoms with Crippen LogP contribution in [0.1, 0.15) is 31.4 Å². The van der Waals surface area contributed by atoms with Crippen molar-refractivity contribution in [2.45, 2.75) is 33.4 Å². The van der Waals surface area contributed by atoms with E-state index < -0.39 is 0 Å². The molecule has 0 radical (unpaired) electrons. The molecule has 3 nitrogen and oxygen atoms in total. The van der Waals surface area contributed by atoms with Gasteiger partial charge in [0.15, 0.2) is 11.5 Å². The highest BCUT2D eigenvalue weighted by Gasteiger charge is 2.12. The predicted octanol–water partition coefficient (Wildman–Crippen LogP) is 5.58. The van der Waals surface area contributed by atoms with Gasteiger partial charge in [0.05, 0.1) is 11.1 Å². The lowest BCUT2D eigenvalue weighted by Gasteiger charge is -2.16. The summed E-state index contributed by atoms with van der Waals surface area (Å²) in [7, 11) is 0. The summed E-state index contributed by atoms with van der Waals surface area (Å²) >= 11 is 9.52. The molecule has 1 N–H and O–H groups in total. The van der Waals surface area contributed by atoms with Gasteiger partial charge in [0.2, 0.25) is 0 Å². The first-order chi connectivity index (χ1) is 11.6. The molecule has 2 aromatic rings. The summed E-state index contributed by atoms with van der Waals surface area (Å²) in [5, 5.41) is 4.12. The Morgan fingerprint density at radius 2 is 1.79 bits per heavy atom. The van der Waals surface area contributed by atoms with Gasteiger partial charge >= 0.3 is 0 Å². The van der Waals surface area contributed by atoms with E-state index in [2.05, 4.69) is 34.2 Å². The molecule has 0 spiro atoms. The third-order valence-electron chi connectivity index (χ3n) is 3.42. The van der Waals surface area contributed by atoms with E-state index in [0.717, 1.165) is 51.6 Å². The monoisotopic (exact) mass is 411 g/mol. The van der Waals surface area contributed by atoms with Crippen LogP contribution >= 0.6 is 27.5 Å². The second-order valence-corrected chi connectivity index (χ2v) is 6.72. The lowest BCUT2D eigenvalue weighted by atomic mass is 10.2. The third-order valence-corrected chi connectivity index (χ3v) is 4.26. The van der Waals surface area contributed by atoms with Crippen LogP contribution < -0.4 is 14.8 Å². The summed E-state index contributed by atoms with van der Waals surface area (Å²) in [6.45, 7) is 6.99. The van der Waals surface area contributed by atoms with Crippen LogP contribution in [0.3, 0.4) is 0 Å². The van der Waals surface area contributed by atoms with Crippen LogP contribution in [-0.4, -0.2) is 13.2 Å². The van der Waals surface area contributed by atoms with E-state index in [9.17, 15) is 0 Å². The fourth-order valence-electron chi connectivity index (χ4n) is 2.27. The van der Waals surface area contributed by atoms with Crippen molar-refractivity contribution in [1.29, 1.82) is 0 Å². The zero-order valence-electron chi connectivity index (χ0n) is 14.1. The van der Waals surface area contributed by atoms with Crippen molar-refractivity contribution >= 4 is 27.5 Å². The Bertz CT molecular complexity index is 647. The Kier molecular flexibility index (Phi) is 7.89. The zero-order valence-corrected chi connectivity index (χ0v) is 16.4. The summed E-state index contributed by atoms with van der Waals surface area (Å²) in [4.78, 5) is 0. The maximum Gasteiger partial charge on any atom is 0.175 e. The maximum absolute atomic E-state index is 5.99. The van der Waals surface area contributed by atoms with E-state index in [-0.39, 0.29) is 0 Å². The molecule has 130 valence electrons. The van der Waals surface area contributed by atoms with Crippen LogP contribution in [0.25, 0.3) is 0 Å². The molecule has 0 aliphatic rings. The molecule has 0 amide bonds. The fraction of sp³-hybridized carbons (Fsp3) is 0.368. The summed E-state index contributed by atoms with van der Waals surface area (Å²) in [5.41, 5.74) is 2.22. The molecule has 0 heterocycles. The van der Waals surface area contributed by atoms with Crippen molar-refractivity contribution in [2.75, 3.05) is 13.2 Å². The van der Waals surface area contributed by atoms with Crippen LogP contribution in [0.2, 0.25) is 5.02 Å². The van der Waals surface area contributed by atoms with Gasteiger partial charge in [-0.3, -0.25) is 0 Å². The first-order valence-electron chi connectivity index (χ1n) is 8.17. The number of benzene rings is 2. The molecule has 0 atom stereocenters. The Labute approximate surface area is 157 Å². The van der Waals surface area contributed by atoms with Crippen LogP contribution in [0.4, 0.5) is 0 Å². The molecule has 0 aromatic heterocycles. The van der Waals surface area contributed by atoms with Crippen molar-refractivity contribution in [2.24, 2.45) is 0 Å². The van der Waals surface area contributed by atoms with Gasteiger partial charge in [0.25, 0.3) is 0 Å². The number of nitrogens with one attached hydrogen (secondary N) is 1. The molecule has 0 unspecified atom stereocenters. The molecule has 0 fully saturated rings. The van der Waals surface area contributed by atoms with Gasteiger partial charge in [-0.25, -0.2) is 0 Å². The largest absolute Gasteiger partial charge is 0.490 e. The van der Waals surface area contributed by atoms with Crippen molar-refractivity contribution in [3.05, 3.63) is 57.0 Å². The first-order valence-corrected chi connectivity index (χ1v) is 9.34. The highest BCUT2D eigenvalue weighted by Crippen LogP contribution is 2.37. The average Bonchev–Trinajstić information content (AvgIpc) is 2.56. The lowest BCUT2D eigenvalue weighted by Crippen LogP contribution is -2.14. The molecule has 5 heteroatoms. The van der Waals surface area contributed by atoms with E-state index in [1.807, 2.05) is 37.3 Å². The minimum absolute atomic E-state index is 0.462. The summed E-state index contributed by atoms with van der Waals surface area (Å²) < 4.78 is 12.7. The number of ether oxygens (including phenoxy) is 2. The van der Waals surface area contributed by atoms with E-state index in [4.69, 9.17) is 21.1 Å². The topological polar surface area (TPSA) is 30.5 Å². The van der Waals surface area contributed by atoms with Gasteiger partial charge in [-0.15, -0.1) is 0 Å². The minimum Gasteiger partial charge on any atom is -0.490 e. The smallest absolute Gasteiger partial charge is 0.175 e. The second kappa shape index (κ2) is 9.92. The van der Waals surface area contributed by atoms with Gasteiger partial charge in [-0.05, 0) is 71.2 Å². The fourth-order valence-corrected chi connectivity index (χ4v) is 3.00. The molecule has 2 aromatic carbocycles. The molecular formula is C19H23BrClNO2. The van der Waals surface area contributed by atoms with E-state index in [1.54, 1.807) is 0 Å². The average molecular weight is 413 g/mol. The molecule has 0 saturated carbocycles. The molecule has 0 saturated heterocycles. The Balaban J connectivity index is 2.13. The number of hydrogen-bond acceptors (Lipinski definition) is 3. The standard InChI is InChI=1S/C19H23BrClNO2/c1-3-9-22-12-15-10-17(20)19(18(11-15)23-4-2)24-13-14-5-7-16(21)8-6-14/h5-8,10-11,22H,3-4,9,12-13H2,1-2H3. The molecule has 0 aliphatic carbocycles. The lowest BCUT2D eigenvalue weighted by molar-refractivity contribution is 0.267. The maximum atomic E-state index is 5.99. The van der Waals surface area contributed by atoms with Gasteiger partial charge in [0, 0.05) is 11.6 Å². The molecule has 24 heavy (non-hydrogen) atoms. The molecule has 0 aliphatic heterocycles. The zero-order chi connectivity index (χ0) is 17.4. The predicted molar refractivity (Wildman–Crippen MR) is 103 cm³/mol. The summed E-state index contributed by atoms with van der Waals surface area (Å²) in [6.07, 6.45) is 1.11. The summed E-state index contributed by atoms with van der Waals surface area (Å²) in [6, 6.07) is 11.7. The van der Waals surface area contributed by atoms with E-state index in [1.165, 1.54) is 0 Å². The third kappa shape index (κ3) is 5.69. The Hall–Kier alpha value is -1.23. The first kappa shape index (κ1) is 19.1. The van der Waals surface area contributed by atoms with Gasteiger partial charge < -0.3 is 14.8 Å². The van der Waals surface area contributed by atoms with E-state index in [0.29, 0.717) is 13.2 Å².